The van der Waals surface area contributed by atoms with Gasteiger partial charge in [-0.3, -0.25) is 4.79 Å². The molecule has 1 N–H and O–H groups in total. The van der Waals surface area contributed by atoms with Crippen LogP contribution in [0.1, 0.15) is 57.4 Å². The van der Waals surface area contributed by atoms with Crippen molar-refractivity contribution >= 4 is 11.9 Å². The molecule has 5 atom stereocenters. The summed E-state index contributed by atoms with van der Waals surface area (Å²) in [5.74, 6) is -0.790. The minimum atomic E-state index is -0.517. The zero-order valence-electron chi connectivity index (χ0n) is 18.5. The van der Waals surface area contributed by atoms with Gasteiger partial charge in [0.1, 0.15) is 11.9 Å². The summed E-state index contributed by atoms with van der Waals surface area (Å²) >= 11 is 0. The summed E-state index contributed by atoms with van der Waals surface area (Å²) in [6.07, 6.45) is -0.811. The van der Waals surface area contributed by atoms with Gasteiger partial charge in [-0.15, -0.1) is 0 Å². The molecule has 5 heteroatoms. The average Bonchev–Trinajstić information content (AvgIpc) is 2.78. The van der Waals surface area contributed by atoms with Crippen LogP contribution in [-0.4, -0.2) is 25.1 Å². The molecule has 0 aliphatic rings. The lowest BCUT2D eigenvalue weighted by atomic mass is 9.84. The monoisotopic (exact) mass is 411 g/mol. The zero-order valence-corrected chi connectivity index (χ0v) is 18.5. The molecule has 0 aliphatic heterocycles. The summed E-state index contributed by atoms with van der Waals surface area (Å²) < 4.78 is 11.3. The smallest absolute Gasteiger partial charge is 0.407 e. The van der Waals surface area contributed by atoms with E-state index < -0.39 is 18.1 Å². The molecule has 0 radical (unpaired) electrons. The van der Waals surface area contributed by atoms with Gasteiger partial charge < -0.3 is 14.8 Å². The van der Waals surface area contributed by atoms with Crippen molar-refractivity contribution in [2.75, 3.05) is 7.11 Å². The van der Waals surface area contributed by atoms with E-state index in [1.54, 1.807) is 7.11 Å². The minimum Gasteiger partial charge on any atom is -0.445 e. The van der Waals surface area contributed by atoms with Gasteiger partial charge in [0.05, 0.1) is 18.1 Å². The number of Topliss-reactive ketones (excluding diaryl/α,β-unsaturated/α-hetero) is 1. The van der Waals surface area contributed by atoms with E-state index in [1.807, 2.05) is 88.4 Å². The zero-order chi connectivity index (χ0) is 22.1. The highest BCUT2D eigenvalue weighted by atomic mass is 16.6. The Morgan fingerprint density at radius 3 is 1.90 bits per heavy atom. The number of alkyl carbamates (subject to hydrolysis) is 1. The maximum Gasteiger partial charge on any atom is 0.407 e. The van der Waals surface area contributed by atoms with Gasteiger partial charge in [-0.25, -0.2) is 4.79 Å². The predicted molar refractivity (Wildman–Crippen MR) is 118 cm³/mol. The van der Waals surface area contributed by atoms with Crippen LogP contribution in [0, 0.1) is 11.8 Å². The van der Waals surface area contributed by atoms with Crippen molar-refractivity contribution in [3.63, 3.8) is 0 Å². The van der Waals surface area contributed by atoms with Crippen molar-refractivity contribution in [2.45, 2.75) is 52.4 Å². The molecule has 0 saturated heterocycles. The fourth-order valence-electron chi connectivity index (χ4n) is 3.73. The Labute approximate surface area is 179 Å². The van der Waals surface area contributed by atoms with Crippen LogP contribution < -0.4 is 5.32 Å². The molecule has 2 rings (SSSR count). The molecule has 0 fully saturated rings. The van der Waals surface area contributed by atoms with Crippen molar-refractivity contribution in [1.82, 2.24) is 5.32 Å². The van der Waals surface area contributed by atoms with Gasteiger partial charge in [0, 0.05) is 13.0 Å². The third kappa shape index (κ3) is 6.17. The van der Waals surface area contributed by atoms with E-state index in [0.717, 1.165) is 11.1 Å². The number of rotatable bonds is 10. The van der Waals surface area contributed by atoms with Crippen LogP contribution in [0.5, 0.6) is 0 Å². The molecule has 5 nitrogen and oxygen atoms in total. The topological polar surface area (TPSA) is 64.6 Å². The third-order valence-corrected chi connectivity index (χ3v) is 5.59. The summed E-state index contributed by atoms with van der Waals surface area (Å²) in [6, 6.07) is 19.2. The first-order valence-electron chi connectivity index (χ1n) is 10.5. The second-order valence-electron chi connectivity index (χ2n) is 7.68. The maximum absolute atomic E-state index is 13.2. The quantitative estimate of drug-likeness (QED) is 0.562. The average molecular weight is 412 g/mol. The molecule has 0 heterocycles. The first-order valence-corrected chi connectivity index (χ1v) is 10.5. The first kappa shape index (κ1) is 23.6. The van der Waals surface area contributed by atoms with Crippen molar-refractivity contribution in [2.24, 2.45) is 11.8 Å². The Kier molecular flexibility index (Phi) is 9.06. The van der Waals surface area contributed by atoms with Gasteiger partial charge in [0.2, 0.25) is 0 Å². The fraction of sp³-hybridized carbons (Fsp3) is 0.440. The number of hydrogen-bond donors (Lipinski definition) is 1. The molecule has 0 aliphatic carbocycles. The summed E-state index contributed by atoms with van der Waals surface area (Å²) in [5.41, 5.74) is 1.95. The van der Waals surface area contributed by atoms with Crippen molar-refractivity contribution < 1.29 is 19.1 Å². The molecule has 162 valence electrons. The second kappa shape index (κ2) is 11.5. The van der Waals surface area contributed by atoms with Crippen molar-refractivity contribution in [3.05, 3.63) is 71.8 Å². The van der Waals surface area contributed by atoms with Gasteiger partial charge in [-0.1, -0.05) is 81.4 Å². The molecule has 30 heavy (non-hydrogen) atoms. The second-order valence-corrected chi connectivity index (χ2v) is 7.68. The van der Waals surface area contributed by atoms with E-state index in [9.17, 15) is 9.59 Å². The number of benzene rings is 2. The molecule has 0 bridgehead atoms. The first-order chi connectivity index (χ1) is 14.4. The number of carbonyl (C=O) groups excluding carboxylic acids is 2. The lowest BCUT2D eigenvalue weighted by Crippen LogP contribution is -2.38. The highest BCUT2D eigenvalue weighted by Gasteiger charge is 2.34. The highest BCUT2D eigenvalue weighted by Crippen LogP contribution is 2.29. The largest absolute Gasteiger partial charge is 0.445 e. The number of carbonyl (C=O) groups is 2. The van der Waals surface area contributed by atoms with E-state index in [1.165, 1.54) is 0 Å². The minimum absolute atomic E-state index is 0.0152. The van der Waals surface area contributed by atoms with E-state index in [-0.39, 0.29) is 23.8 Å². The Hall–Kier alpha value is -2.66. The van der Waals surface area contributed by atoms with Crippen LogP contribution in [0.3, 0.4) is 0 Å². The number of amides is 1. The van der Waals surface area contributed by atoms with Gasteiger partial charge in [0.25, 0.3) is 0 Å². The normalized spacial score (nSPS) is 16.0. The van der Waals surface area contributed by atoms with E-state index in [0.29, 0.717) is 6.42 Å². The number of nitrogens with one attached hydrogen (secondary N) is 1. The standard InChI is InChI=1S/C25H33NO4/c1-6-22(30-25(28)26-19(4)20-13-9-7-10-14-20)17(2)23(27)18(3)24(29-5)21-15-11-8-12-16-21/h7-19,22,24H,6H2,1-5H3,(H,26,28)/t17-,18+,19+,22-,24-/m1/s1. The Bertz CT molecular complexity index is 793. The Morgan fingerprint density at radius 2 is 1.40 bits per heavy atom. The molecule has 2 aromatic rings. The molecule has 0 saturated carbocycles. The van der Waals surface area contributed by atoms with Gasteiger partial charge in [-0.2, -0.15) is 0 Å². The van der Waals surface area contributed by atoms with Gasteiger partial charge in [-0.05, 0) is 24.5 Å². The number of hydrogen-bond acceptors (Lipinski definition) is 4. The highest BCUT2D eigenvalue weighted by molar-refractivity contribution is 5.84. The lowest BCUT2D eigenvalue weighted by Gasteiger charge is -2.28. The summed E-state index contributed by atoms with van der Waals surface area (Å²) in [4.78, 5) is 25.6. The molecular formula is C25H33NO4. The summed E-state index contributed by atoms with van der Waals surface area (Å²) in [5, 5.41) is 2.85. The van der Waals surface area contributed by atoms with Crippen LogP contribution in [-0.2, 0) is 14.3 Å². The van der Waals surface area contributed by atoms with Crippen molar-refractivity contribution in [1.29, 1.82) is 0 Å². The fourth-order valence-corrected chi connectivity index (χ4v) is 3.73. The van der Waals surface area contributed by atoms with E-state index >= 15 is 0 Å². The van der Waals surface area contributed by atoms with Crippen LogP contribution in [0.4, 0.5) is 4.79 Å². The Morgan fingerprint density at radius 1 is 0.867 bits per heavy atom. The van der Waals surface area contributed by atoms with Crippen molar-refractivity contribution in [3.8, 4) is 0 Å². The molecular weight excluding hydrogens is 378 g/mol. The SMILES string of the molecule is CC[C@@H](OC(=O)N[C@@H](C)c1ccccc1)[C@@H](C)C(=O)[C@H](C)[C@@H](OC)c1ccccc1. The molecule has 0 aromatic heterocycles. The number of methoxy groups -OCH3 is 1. The summed E-state index contributed by atoms with van der Waals surface area (Å²) in [6.45, 7) is 7.50. The van der Waals surface area contributed by atoms with E-state index in [2.05, 4.69) is 5.32 Å². The number of ketones is 1. The van der Waals surface area contributed by atoms with Crippen LogP contribution in [0.2, 0.25) is 0 Å². The maximum atomic E-state index is 13.2. The lowest BCUT2D eigenvalue weighted by molar-refractivity contribution is -0.133. The van der Waals surface area contributed by atoms with Gasteiger partial charge in [0.15, 0.2) is 0 Å². The van der Waals surface area contributed by atoms with Gasteiger partial charge >= 0.3 is 6.09 Å². The van der Waals surface area contributed by atoms with E-state index in [4.69, 9.17) is 9.47 Å². The molecule has 1 amide bonds. The molecule has 0 spiro atoms. The summed E-state index contributed by atoms with van der Waals surface area (Å²) in [7, 11) is 1.61. The number of ether oxygens (including phenoxy) is 2. The van der Waals surface area contributed by atoms with Crippen LogP contribution >= 0.6 is 0 Å². The van der Waals surface area contributed by atoms with Crippen LogP contribution in [0.25, 0.3) is 0 Å². The molecule has 2 aromatic carbocycles. The third-order valence-electron chi connectivity index (χ3n) is 5.59. The Balaban J connectivity index is 2.00. The molecule has 0 unspecified atom stereocenters. The van der Waals surface area contributed by atoms with Crippen LogP contribution in [0.15, 0.2) is 60.7 Å². The predicted octanol–water partition coefficient (Wildman–Crippen LogP) is 5.48.